The molecule has 2 aliphatic rings. The average molecular weight is 625 g/mol. The fourth-order valence-corrected chi connectivity index (χ4v) is 5.99. The molecule has 0 amide bonds. The van der Waals surface area contributed by atoms with Crippen molar-refractivity contribution in [1.29, 1.82) is 0 Å². The van der Waals surface area contributed by atoms with Crippen LogP contribution in [0.1, 0.15) is 97.3 Å². The maximum Gasteiger partial charge on any atom is 0.270 e. The average Bonchev–Trinajstić information content (AvgIpc) is 3.40. The van der Waals surface area contributed by atoms with Crippen LogP contribution in [0.25, 0.3) is 0 Å². The first-order valence-corrected chi connectivity index (χ1v) is 15.5. The predicted octanol–water partition coefficient (Wildman–Crippen LogP) is 6.43. The number of benzene rings is 2. The molecule has 0 radical (unpaired) electrons. The highest BCUT2D eigenvalue weighted by Crippen LogP contribution is 2.35. The van der Waals surface area contributed by atoms with E-state index in [2.05, 4.69) is 10.2 Å². The summed E-state index contributed by atoms with van der Waals surface area (Å²) in [5.74, 6) is 0.130. The number of hydrogen-bond donors (Lipinski definition) is 2. The third-order valence-electron chi connectivity index (χ3n) is 9.10. The Bertz CT molecular complexity index is 1750. The fraction of sp³-hybridized carbons (Fsp3) is 0.471. The minimum Gasteiger partial charge on any atom is -0.497 e. The largest absolute Gasteiger partial charge is 0.497 e. The monoisotopic (exact) mass is 624 g/mol. The standard InChI is InChI=1S/C18H23FN2O3.C16H19FN2O2/c1-4-24-17(14-9-8-13(23-3)10-15(14)19)16-11(2)21(20-18(16)22)12-6-5-7-12;1-10-14(16(20)18-19(10)12-4-3-5-12)8-11-6-7-13(21-2)9-15(11)17/h8-10,12,17H,4-7H2,1-3H3,(H,20,22);6-7,9,12H,3-5,8H2,1-2H3,(H,18,20). The van der Waals surface area contributed by atoms with E-state index < -0.39 is 11.9 Å². The van der Waals surface area contributed by atoms with Gasteiger partial charge >= 0.3 is 0 Å². The number of ether oxygens (including phenoxy) is 3. The van der Waals surface area contributed by atoms with Crippen molar-refractivity contribution in [3.8, 4) is 11.5 Å². The van der Waals surface area contributed by atoms with Crippen LogP contribution in [0.5, 0.6) is 11.5 Å². The summed E-state index contributed by atoms with van der Waals surface area (Å²) < 4.78 is 48.2. The van der Waals surface area contributed by atoms with E-state index in [1.807, 2.05) is 30.1 Å². The van der Waals surface area contributed by atoms with Crippen molar-refractivity contribution in [2.75, 3.05) is 20.8 Å². The Balaban J connectivity index is 0.000000179. The van der Waals surface area contributed by atoms with Gasteiger partial charge in [0.25, 0.3) is 11.1 Å². The number of aromatic amines is 2. The zero-order valence-electron chi connectivity index (χ0n) is 26.5. The lowest BCUT2D eigenvalue weighted by Gasteiger charge is -2.28. The van der Waals surface area contributed by atoms with Gasteiger partial charge < -0.3 is 14.2 Å². The summed E-state index contributed by atoms with van der Waals surface area (Å²) in [6.07, 6.45) is 6.25. The number of halogens is 2. The second kappa shape index (κ2) is 13.9. The Hall–Kier alpha value is -4.12. The van der Waals surface area contributed by atoms with Gasteiger partial charge in [-0.1, -0.05) is 6.07 Å². The van der Waals surface area contributed by atoms with Crippen molar-refractivity contribution in [3.05, 3.63) is 102 Å². The number of aromatic nitrogens is 4. The molecular formula is C34H42F2N4O5. The molecule has 0 aliphatic heterocycles. The first-order valence-electron chi connectivity index (χ1n) is 15.5. The topological polar surface area (TPSA) is 103 Å². The van der Waals surface area contributed by atoms with Gasteiger partial charge in [-0.15, -0.1) is 0 Å². The molecule has 2 heterocycles. The third-order valence-corrected chi connectivity index (χ3v) is 9.10. The van der Waals surface area contributed by atoms with Gasteiger partial charge in [0.15, 0.2) is 0 Å². The molecule has 242 valence electrons. The van der Waals surface area contributed by atoms with Crippen molar-refractivity contribution in [2.24, 2.45) is 0 Å². The number of hydrogen-bond acceptors (Lipinski definition) is 5. The zero-order valence-corrected chi connectivity index (χ0v) is 26.5. The lowest BCUT2D eigenvalue weighted by Crippen LogP contribution is -2.20. The highest BCUT2D eigenvalue weighted by Gasteiger charge is 2.30. The van der Waals surface area contributed by atoms with E-state index in [-0.39, 0.29) is 16.9 Å². The highest BCUT2D eigenvalue weighted by molar-refractivity contribution is 5.37. The molecule has 2 aromatic heterocycles. The molecular weight excluding hydrogens is 582 g/mol. The predicted molar refractivity (Wildman–Crippen MR) is 168 cm³/mol. The lowest BCUT2D eigenvalue weighted by atomic mass is 9.93. The van der Waals surface area contributed by atoms with Crippen molar-refractivity contribution >= 4 is 0 Å². The van der Waals surface area contributed by atoms with Gasteiger partial charge in [-0.3, -0.25) is 29.2 Å². The molecule has 9 nitrogen and oxygen atoms in total. The second-order valence-corrected chi connectivity index (χ2v) is 11.7. The normalized spacial score (nSPS) is 15.5. The Labute approximate surface area is 261 Å². The summed E-state index contributed by atoms with van der Waals surface area (Å²) in [6, 6.07) is 10.1. The Morgan fingerprint density at radius 1 is 0.822 bits per heavy atom. The van der Waals surface area contributed by atoms with Gasteiger partial charge in [-0.25, -0.2) is 8.78 Å². The molecule has 6 rings (SSSR count). The summed E-state index contributed by atoms with van der Waals surface area (Å²) in [6.45, 7) is 6.02. The van der Waals surface area contributed by atoms with Crippen LogP contribution in [0, 0.1) is 25.5 Å². The molecule has 0 saturated heterocycles. The molecule has 11 heteroatoms. The van der Waals surface area contributed by atoms with Crippen molar-refractivity contribution < 1.29 is 23.0 Å². The Morgan fingerprint density at radius 3 is 1.89 bits per heavy atom. The van der Waals surface area contributed by atoms with Crippen LogP contribution < -0.4 is 20.6 Å². The summed E-state index contributed by atoms with van der Waals surface area (Å²) >= 11 is 0. The first-order chi connectivity index (χ1) is 21.7. The molecule has 2 saturated carbocycles. The quantitative estimate of drug-likeness (QED) is 0.212. The minimum atomic E-state index is -0.731. The van der Waals surface area contributed by atoms with Crippen LogP contribution in [-0.4, -0.2) is 40.4 Å². The number of nitrogens with zero attached hydrogens (tertiary/aromatic N) is 2. The van der Waals surface area contributed by atoms with E-state index in [1.165, 1.54) is 39.2 Å². The molecule has 4 aromatic rings. The van der Waals surface area contributed by atoms with E-state index in [9.17, 15) is 18.4 Å². The van der Waals surface area contributed by atoms with Gasteiger partial charge in [0.2, 0.25) is 0 Å². The van der Waals surface area contributed by atoms with Crippen molar-refractivity contribution in [3.63, 3.8) is 0 Å². The van der Waals surface area contributed by atoms with Gasteiger partial charge in [-0.2, -0.15) is 0 Å². The molecule has 45 heavy (non-hydrogen) atoms. The molecule has 0 spiro atoms. The van der Waals surface area contributed by atoms with Crippen LogP contribution in [0.3, 0.4) is 0 Å². The lowest BCUT2D eigenvalue weighted by molar-refractivity contribution is 0.0874. The van der Waals surface area contributed by atoms with Gasteiger partial charge in [0.05, 0.1) is 31.9 Å². The molecule has 1 unspecified atom stereocenters. The molecule has 2 N–H and O–H groups in total. The van der Waals surface area contributed by atoms with Crippen LogP contribution in [0.4, 0.5) is 8.78 Å². The molecule has 0 bridgehead atoms. The molecule has 2 fully saturated rings. The second-order valence-electron chi connectivity index (χ2n) is 11.7. The SMILES string of the molecule is CCOC(c1ccc(OC)cc1F)c1c(C)n(C2CCC2)[nH]c1=O.COc1ccc(Cc2c(C)n(C3CCC3)[nH]c2=O)c(F)c1. The van der Waals surface area contributed by atoms with E-state index in [4.69, 9.17) is 14.2 Å². The van der Waals surface area contributed by atoms with Crippen LogP contribution in [-0.2, 0) is 11.2 Å². The number of methoxy groups -OCH3 is 2. The zero-order chi connectivity index (χ0) is 32.2. The van der Waals surface area contributed by atoms with Crippen molar-refractivity contribution in [1.82, 2.24) is 19.6 Å². The summed E-state index contributed by atoms with van der Waals surface area (Å²) in [4.78, 5) is 24.6. The maximum absolute atomic E-state index is 14.5. The molecule has 2 aromatic carbocycles. The smallest absolute Gasteiger partial charge is 0.270 e. The first kappa shape index (κ1) is 32.3. The van der Waals surface area contributed by atoms with Crippen LogP contribution >= 0.6 is 0 Å². The Kier molecular flexibility index (Phi) is 9.96. The van der Waals surface area contributed by atoms with Crippen LogP contribution in [0.2, 0.25) is 0 Å². The van der Waals surface area contributed by atoms with Gasteiger partial charge in [-0.05, 0) is 83.1 Å². The maximum atomic E-state index is 14.5. The number of rotatable bonds is 10. The Morgan fingerprint density at radius 2 is 1.38 bits per heavy atom. The third kappa shape index (κ3) is 6.63. The minimum absolute atomic E-state index is 0.116. The molecule has 1 atom stereocenters. The van der Waals surface area contributed by atoms with E-state index >= 15 is 0 Å². The number of H-pyrrole nitrogens is 2. The van der Waals surface area contributed by atoms with E-state index in [1.54, 1.807) is 24.3 Å². The van der Waals surface area contributed by atoms with E-state index in [0.717, 1.165) is 37.1 Å². The molecule has 2 aliphatic carbocycles. The highest BCUT2D eigenvalue weighted by atomic mass is 19.1. The van der Waals surface area contributed by atoms with Gasteiger partial charge in [0.1, 0.15) is 29.2 Å². The summed E-state index contributed by atoms with van der Waals surface area (Å²) in [7, 11) is 2.99. The van der Waals surface area contributed by atoms with Gasteiger partial charge in [0, 0.05) is 47.7 Å². The van der Waals surface area contributed by atoms with Crippen LogP contribution in [0.15, 0.2) is 46.0 Å². The number of nitrogens with one attached hydrogen (secondary N) is 2. The summed E-state index contributed by atoms with van der Waals surface area (Å²) in [5, 5.41) is 5.79. The fourth-order valence-electron chi connectivity index (χ4n) is 5.99. The van der Waals surface area contributed by atoms with E-state index in [0.29, 0.717) is 58.9 Å². The van der Waals surface area contributed by atoms with Crippen molar-refractivity contribution in [2.45, 2.75) is 83.9 Å². The summed E-state index contributed by atoms with van der Waals surface area (Å²) in [5.41, 5.74) is 3.38.